The second-order valence-corrected chi connectivity index (χ2v) is 5.05. The highest BCUT2D eigenvalue weighted by Gasteiger charge is 2.24. The van der Waals surface area contributed by atoms with Gasteiger partial charge in [-0.1, -0.05) is 0 Å². The Labute approximate surface area is 93.7 Å². The molecule has 4 nitrogen and oxygen atoms in total. The largest absolute Gasteiger partial charge is 0.266 e. The number of hydrogen-bond donors (Lipinski definition) is 1. The number of halogens is 3. The number of primary sulfonamides is 1. The lowest BCUT2D eigenvalue weighted by atomic mass is 10.2. The van der Waals surface area contributed by atoms with Gasteiger partial charge in [-0.05, 0) is 22.9 Å². The van der Waals surface area contributed by atoms with Crippen molar-refractivity contribution in [1.82, 2.24) is 4.98 Å². The summed E-state index contributed by atoms with van der Waals surface area (Å²) >= 11 is 2.95. The molecule has 0 saturated carbocycles. The highest BCUT2D eigenvalue weighted by molar-refractivity contribution is 9.10. The van der Waals surface area contributed by atoms with E-state index in [-0.39, 0.29) is 10.2 Å². The first-order valence-corrected chi connectivity index (χ1v) is 6.05. The van der Waals surface area contributed by atoms with Gasteiger partial charge in [-0.25, -0.2) is 27.3 Å². The summed E-state index contributed by atoms with van der Waals surface area (Å²) in [4.78, 5) is 3.02. The summed E-state index contributed by atoms with van der Waals surface area (Å²) in [5, 5.41) is 4.86. The van der Waals surface area contributed by atoms with Gasteiger partial charge in [0.2, 0.25) is 10.0 Å². The van der Waals surface area contributed by atoms with E-state index in [2.05, 4.69) is 20.9 Å². The minimum Gasteiger partial charge on any atom is -0.248 e. The van der Waals surface area contributed by atoms with Crippen molar-refractivity contribution < 1.29 is 17.2 Å². The van der Waals surface area contributed by atoms with Crippen molar-refractivity contribution >= 4 is 26.0 Å². The highest BCUT2D eigenvalue weighted by Crippen LogP contribution is 2.30. The van der Waals surface area contributed by atoms with Gasteiger partial charge in [0.05, 0.1) is 10.5 Å². The number of sulfonamides is 1. The van der Waals surface area contributed by atoms with Crippen LogP contribution in [0.1, 0.15) is 17.6 Å². The molecular weight excluding hydrogens is 294 g/mol. The molecule has 1 aromatic heterocycles. The fraction of sp³-hybridized carbons (Fsp3) is 0.286. The molecule has 0 aliphatic carbocycles. The third-order valence-corrected chi connectivity index (χ3v) is 3.66. The maximum absolute atomic E-state index is 12.5. The number of aromatic nitrogens is 1. The number of pyridine rings is 1. The van der Waals surface area contributed by atoms with Crippen molar-refractivity contribution in [2.75, 3.05) is 0 Å². The van der Waals surface area contributed by atoms with E-state index in [1.54, 1.807) is 0 Å². The molecule has 0 saturated heterocycles. The molecule has 0 amide bonds. The Kier molecular flexibility index (Phi) is 3.41. The van der Waals surface area contributed by atoms with Crippen LogP contribution in [0.3, 0.4) is 0 Å². The molecule has 1 aromatic rings. The standard InChI is InChI=1S/C7H7BrF2N2O2S/c1-3-5(15(11,13)14)4(7(9)10)2-12-6(3)8/h2,7H,1H3,(H2,11,13,14). The Hall–Kier alpha value is -0.600. The van der Waals surface area contributed by atoms with Gasteiger partial charge < -0.3 is 0 Å². The molecule has 84 valence electrons. The van der Waals surface area contributed by atoms with Gasteiger partial charge in [-0.15, -0.1) is 0 Å². The van der Waals surface area contributed by atoms with E-state index < -0.39 is 26.9 Å². The Morgan fingerprint density at radius 1 is 1.53 bits per heavy atom. The molecule has 0 aliphatic rings. The van der Waals surface area contributed by atoms with E-state index in [4.69, 9.17) is 5.14 Å². The van der Waals surface area contributed by atoms with Crippen LogP contribution in [-0.2, 0) is 10.0 Å². The molecule has 15 heavy (non-hydrogen) atoms. The van der Waals surface area contributed by atoms with Crippen LogP contribution < -0.4 is 5.14 Å². The zero-order chi connectivity index (χ0) is 11.8. The normalized spacial score (nSPS) is 12.1. The zero-order valence-electron chi connectivity index (χ0n) is 7.54. The number of hydrogen-bond acceptors (Lipinski definition) is 3. The molecule has 0 atom stereocenters. The molecule has 2 N–H and O–H groups in total. The zero-order valence-corrected chi connectivity index (χ0v) is 9.94. The maximum atomic E-state index is 12.5. The summed E-state index contributed by atoms with van der Waals surface area (Å²) in [6.07, 6.45) is -2.14. The summed E-state index contributed by atoms with van der Waals surface area (Å²) in [6.45, 7) is 1.35. The third-order valence-electron chi connectivity index (χ3n) is 1.75. The first-order valence-electron chi connectivity index (χ1n) is 3.71. The molecule has 8 heteroatoms. The number of alkyl halides is 2. The van der Waals surface area contributed by atoms with Gasteiger partial charge in [-0.2, -0.15) is 0 Å². The summed E-state index contributed by atoms with van der Waals surface area (Å²) in [5.41, 5.74) is -0.603. The predicted octanol–water partition coefficient (Wildman–Crippen LogP) is 1.74. The SMILES string of the molecule is Cc1c(Br)ncc(C(F)F)c1S(N)(=O)=O. The van der Waals surface area contributed by atoms with E-state index >= 15 is 0 Å². The summed E-state index contributed by atoms with van der Waals surface area (Å²) in [7, 11) is -4.18. The van der Waals surface area contributed by atoms with Gasteiger partial charge in [0.25, 0.3) is 6.43 Å². The van der Waals surface area contributed by atoms with Gasteiger partial charge in [-0.3, -0.25) is 0 Å². The van der Waals surface area contributed by atoms with Crippen LogP contribution in [0.15, 0.2) is 15.7 Å². The van der Waals surface area contributed by atoms with E-state index in [0.29, 0.717) is 0 Å². The van der Waals surface area contributed by atoms with E-state index in [9.17, 15) is 17.2 Å². The average molecular weight is 301 g/mol. The van der Waals surface area contributed by atoms with Crippen LogP contribution in [0.4, 0.5) is 8.78 Å². The Bertz CT molecular complexity index is 490. The molecule has 0 unspecified atom stereocenters. The molecular formula is C7H7BrF2N2O2S. The molecule has 0 spiro atoms. The quantitative estimate of drug-likeness (QED) is 0.846. The number of nitrogens with two attached hydrogens (primary N) is 1. The molecule has 1 heterocycles. The summed E-state index contributed by atoms with van der Waals surface area (Å²) < 4.78 is 47.4. The number of nitrogens with zero attached hydrogens (tertiary/aromatic N) is 1. The van der Waals surface area contributed by atoms with Gasteiger partial charge in [0.15, 0.2) is 0 Å². The smallest absolute Gasteiger partial charge is 0.248 e. The van der Waals surface area contributed by atoms with Crippen molar-refractivity contribution in [3.63, 3.8) is 0 Å². The maximum Gasteiger partial charge on any atom is 0.266 e. The monoisotopic (exact) mass is 300 g/mol. The molecule has 0 fully saturated rings. The van der Waals surface area contributed by atoms with Crippen LogP contribution in [0.2, 0.25) is 0 Å². The van der Waals surface area contributed by atoms with E-state index in [1.165, 1.54) is 6.92 Å². The Morgan fingerprint density at radius 3 is 2.47 bits per heavy atom. The molecule has 0 bridgehead atoms. The van der Waals surface area contributed by atoms with Gasteiger partial charge in [0, 0.05) is 11.8 Å². The van der Waals surface area contributed by atoms with Crippen molar-refractivity contribution in [3.05, 3.63) is 21.9 Å². The number of rotatable bonds is 2. The van der Waals surface area contributed by atoms with Crippen molar-refractivity contribution in [1.29, 1.82) is 0 Å². The fourth-order valence-electron chi connectivity index (χ4n) is 1.12. The predicted molar refractivity (Wildman–Crippen MR) is 53.0 cm³/mol. The van der Waals surface area contributed by atoms with E-state index in [0.717, 1.165) is 6.20 Å². The lowest BCUT2D eigenvalue weighted by molar-refractivity contribution is 0.147. The molecule has 1 rings (SSSR count). The first-order chi connectivity index (χ1) is 6.75. The van der Waals surface area contributed by atoms with Gasteiger partial charge >= 0.3 is 0 Å². The second-order valence-electron chi connectivity index (χ2n) is 2.80. The molecule has 0 aliphatic heterocycles. The first kappa shape index (κ1) is 12.5. The molecule has 0 radical (unpaired) electrons. The van der Waals surface area contributed by atoms with Crippen LogP contribution in [-0.4, -0.2) is 13.4 Å². The van der Waals surface area contributed by atoms with Gasteiger partial charge in [0.1, 0.15) is 4.60 Å². The summed E-state index contributed by atoms with van der Waals surface area (Å²) in [5.74, 6) is 0. The minimum atomic E-state index is -4.18. The average Bonchev–Trinajstić information content (AvgIpc) is 2.06. The molecule has 0 aromatic carbocycles. The van der Waals surface area contributed by atoms with E-state index in [1.807, 2.05) is 0 Å². The van der Waals surface area contributed by atoms with Crippen LogP contribution in [0.5, 0.6) is 0 Å². The Morgan fingerprint density at radius 2 is 2.07 bits per heavy atom. The topological polar surface area (TPSA) is 73.0 Å². The highest BCUT2D eigenvalue weighted by atomic mass is 79.9. The lowest BCUT2D eigenvalue weighted by Gasteiger charge is -2.10. The lowest BCUT2D eigenvalue weighted by Crippen LogP contribution is -2.17. The van der Waals surface area contributed by atoms with Crippen LogP contribution in [0.25, 0.3) is 0 Å². The second kappa shape index (κ2) is 4.11. The Balaban J connectivity index is 3.65. The van der Waals surface area contributed by atoms with Crippen LogP contribution >= 0.6 is 15.9 Å². The minimum absolute atomic E-state index is 0.0790. The summed E-state index contributed by atoms with van der Waals surface area (Å²) in [6, 6.07) is 0. The van der Waals surface area contributed by atoms with Crippen LogP contribution in [0, 0.1) is 6.92 Å². The van der Waals surface area contributed by atoms with Crippen molar-refractivity contribution in [2.24, 2.45) is 5.14 Å². The third kappa shape index (κ3) is 2.50. The van der Waals surface area contributed by atoms with Crippen molar-refractivity contribution in [3.8, 4) is 0 Å². The van der Waals surface area contributed by atoms with Crippen molar-refractivity contribution in [2.45, 2.75) is 18.2 Å². The fourth-order valence-corrected chi connectivity index (χ4v) is 2.55.